The minimum Gasteiger partial charge on any atom is -0.288 e. The molecule has 0 saturated heterocycles. The monoisotopic (exact) mass is 320 g/mol. The fourth-order valence-electron chi connectivity index (χ4n) is 1.82. The molecule has 6 nitrogen and oxygen atoms in total. The number of carbonyl (C=O) groups is 1. The van der Waals surface area contributed by atoms with Crippen molar-refractivity contribution in [1.29, 1.82) is 0 Å². The highest BCUT2D eigenvalue weighted by Gasteiger charge is 2.13. The van der Waals surface area contributed by atoms with Gasteiger partial charge in [-0.15, -0.1) is 0 Å². The maximum atomic E-state index is 12.1. The van der Waals surface area contributed by atoms with E-state index in [1.807, 2.05) is 6.92 Å². The fraction of sp³-hybridized carbons (Fsp3) is 0.133. The molecule has 0 bridgehead atoms. The summed E-state index contributed by atoms with van der Waals surface area (Å²) in [5.41, 5.74) is 3.50. The molecule has 0 atom stereocenters. The van der Waals surface area contributed by atoms with E-state index in [1.54, 1.807) is 36.4 Å². The molecule has 7 heteroatoms. The number of hydroxylamine groups is 1. The summed E-state index contributed by atoms with van der Waals surface area (Å²) in [5.74, 6) is -0.619. The predicted molar refractivity (Wildman–Crippen MR) is 80.9 cm³/mol. The highest BCUT2D eigenvalue weighted by atomic mass is 32.2. The summed E-state index contributed by atoms with van der Waals surface area (Å²) in [6.45, 7) is 1.99. The lowest BCUT2D eigenvalue weighted by Gasteiger charge is -2.08. The lowest BCUT2D eigenvalue weighted by atomic mass is 10.1. The minimum absolute atomic E-state index is 0.108. The average molecular weight is 320 g/mol. The van der Waals surface area contributed by atoms with Gasteiger partial charge in [-0.2, -0.15) is 0 Å². The highest BCUT2D eigenvalue weighted by Crippen LogP contribution is 2.11. The minimum atomic E-state index is -3.58. The molecule has 116 valence electrons. The standard InChI is InChI=1S/C15H16N2O4S/c1-11-2-8-14(9-3-11)22(20,21)16-10-12-4-6-13(7-5-12)15(18)17-19/h2-9,16,19H,10H2,1H3,(H,17,18). The van der Waals surface area contributed by atoms with Crippen molar-refractivity contribution in [3.8, 4) is 0 Å². The molecule has 2 aromatic rings. The smallest absolute Gasteiger partial charge is 0.274 e. The van der Waals surface area contributed by atoms with E-state index >= 15 is 0 Å². The number of hydrogen-bond acceptors (Lipinski definition) is 4. The van der Waals surface area contributed by atoms with E-state index in [0.29, 0.717) is 5.56 Å². The zero-order chi connectivity index (χ0) is 16.2. The number of hydrogen-bond donors (Lipinski definition) is 3. The van der Waals surface area contributed by atoms with Gasteiger partial charge >= 0.3 is 0 Å². The fourth-order valence-corrected chi connectivity index (χ4v) is 2.84. The molecule has 0 saturated carbocycles. The molecule has 3 N–H and O–H groups in total. The van der Waals surface area contributed by atoms with Crippen molar-refractivity contribution >= 4 is 15.9 Å². The van der Waals surface area contributed by atoms with E-state index in [2.05, 4.69) is 4.72 Å². The van der Waals surface area contributed by atoms with Crippen LogP contribution in [0.4, 0.5) is 0 Å². The second-order valence-electron chi connectivity index (χ2n) is 4.78. The first-order valence-corrected chi connectivity index (χ1v) is 8.00. The third-order valence-electron chi connectivity index (χ3n) is 3.12. The quantitative estimate of drug-likeness (QED) is 0.576. The van der Waals surface area contributed by atoms with Crippen molar-refractivity contribution in [3.05, 3.63) is 65.2 Å². The van der Waals surface area contributed by atoms with Gasteiger partial charge in [0, 0.05) is 12.1 Å². The van der Waals surface area contributed by atoms with E-state index in [1.165, 1.54) is 17.6 Å². The number of sulfonamides is 1. The van der Waals surface area contributed by atoms with Gasteiger partial charge in [0.2, 0.25) is 10.0 Å². The Balaban J connectivity index is 2.05. The third-order valence-corrected chi connectivity index (χ3v) is 4.53. The topological polar surface area (TPSA) is 95.5 Å². The van der Waals surface area contributed by atoms with Crippen LogP contribution in [0.2, 0.25) is 0 Å². The van der Waals surface area contributed by atoms with Gasteiger partial charge in [-0.05, 0) is 36.8 Å². The molecular formula is C15H16N2O4S. The van der Waals surface area contributed by atoms with Crippen LogP contribution in [0.1, 0.15) is 21.5 Å². The van der Waals surface area contributed by atoms with Crippen LogP contribution >= 0.6 is 0 Å². The molecule has 0 radical (unpaired) electrons. The Bertz CT molecular complexity index is 753. The lowest BCUT2D eigenvalue weighted by molar-refractivity contribution is 0.0706. The number of rotatable bonds is 5. The average Bonchev–Trinajstić information content (AvgIpc) is 2.53. The van der Waals surface area contributed by atoms with Crippen LogP contribution < -0.4 is 10.2 Å². The van der Waals surface area contributed by atoms with Gasteiger partial charge in [-0.25, -0.2) is 18.6 Å². The molecule has 0 aliphatic carbocycles. The zero-order valence-electron chi connectivity index (χ0n) is 11.9. The molecule has 1 amide bonds. The summed E-state index contributed by atoms with van der Waals surface area (Å²) in [7, 11) is -3.58. The van der Waals surface area contributed by atoms with Crippen molar-refractivity contribution in [2.75, 3.05) is 0 Å². The van der Waals surface area contributed by atoms with Gasteiger partial charge in [0.25, 0.3) is 5.91 Å². The maximum Gasteiger partial charge on any atom is 0.274 e. The van der Waals surface area contributed by atoms with E-state index in [-0.39, 0.29) is 17.0 Å². The molecular weight excluding hydrogens is 304 g/mol. The van der Waals surface area contributed by atoms with Crippen molar-refractivity contribution in [3.63, 3.8) is 0 Å². The number of benzene rings is 2. The summed E-state index contributed by atoms with van der Waals surface area (Å²) in [6.07, 6.45) is 0. The Kier molecular flexibility index (Phi) is 4.92. The van der Waals surface area contributed by atoms with Crippen LogP contribution in [0.3, 0.4) is 0 Å². The normalized spacial score (nSPS) is 11.2. The molecule has 0 heterocycles. The molecule has 0 spiro atoms. The van der Waals surface area contributed by atoms with Crippen molar-refractivity contribution in [2.24, 2.45) is 0 Å². The second kappa shape index (κ2) is 6.69. The van der Waals surface area contributed by atoms with Gasteiger partial charge in [0.15, 0.2) is 0 Å². The SMILES string of the molecule is Cc1ccc(S(=O)(=O)NCc2ccc(C(=O)NO)cc2)cc1. The molecule has 0 aromatic heterocycles. The van der Waals surface area contributed by atoms with Gasteiger partial charge in [-0.3, -0.25) is 10.0 Å². The first-order chi connectivity index (χ1) is 10.4. The number of aryl methyl sites for hydroxylation is 1. The van der Waals surface area contributed by atoms with Crippen molar-refractivity contribution in [1.82, 2.24) is 10.2 Å². The summed E-state index contributed by atoms with van der Waals surface area (Å²) in [6, 6.07) is 12.8. The number of carbonyl (C=O) groups excluding carboxylic acids is 1. The zero-order valence-corrected chi connectivity index (χ0v) is 12.7. The highest BCUT2D eigenvalue weighted by molar-refractivity contribution is 7.89. The summed E-state index contributed by atoms with van der Waals surface area (Å²) >= 11 is 0. The Morgan fingerprint density at radius 2 is 1.64 bits per heavy atom. The first kappa shape index (κ1) is 16.2. The number of nitrogens with one attached hydrogen (secondary N) is 2. The van der Waals surface area contributed by atoms with Gasteiger partial charge in [-0.1, -0.05) is 29.8 Å². The van der Waals surface area contributed by atoms with E-state index in [4.69, 9.17) is 5.21 Å². The summed E-state index contributed by atoms with van der Waals surface area (Å²) < 4.78 is 26.8. The molecule has 22 heavy (non-hydrogen) atoms. The third kappa shape index (κ3) is 3.91. The number of amides is 1. The Hall–Kier alpha value is -2.22. The largest absolute Gasteiger partial charge is 0.288 e. The Morgan fingerprint density at radius 3 is 2.18 bits per heavy atom. The Morgan fingerprint density at radius 1 is 1.05 bits per heavy atom. The van der Waals surface area contributed by atoms with Gasteiger partial charge in [0.05, 0.1) is 4.90 Å². The Labute approximate surface area is 128 Å². The van der Waals surface area contributed by atoms with Crippen LogP contribution in [0.15, 0.2) is 53.4 Å². The van der Waals surface area contributed by atoms with E-state index in [0.717, 1.165) is 5.56 Å². The van der Waals surface area contributed by atoms with Crippen molar-refractivity contribution in [2.45, 2.75) is 18.4 Å². The summed E-state index contributed by atoms with van der Waals surface area (Å²) in [5, 5.41) is 8.52. The van der Waals surface area contributed by atoms with Crippen LogP contribution in [0.25, 0.3) is 0 Å². The van der Waals surface area contributed by atoms with E-state index in [9.17, 15) is 13.2 Å². The molecule has 0 aliphatic rings. The van der Waals surface area contributed by atoms with Crippen LogP contribution in [0, 0.1) is 6.92 Å². The van der Waals surface area contributed by atoms with Gasteiger partial charge in [0.1, 0.15) is 0 Å². The van der Waals surface area contributed by atoms with Crippen LogP contribution in [-0.2, 0) is 16.6 Å². The predicted octanol–water partition coefficient (Wildman–Crippen LogP) is 1.59. The van der Waals surface area contributed by atoms with E-state index < -0.39 is 15.9 Å². The molecule has 0 fully saturated rings. The molecule has 0 unspecified atom stereocenters. The van der Waals surface area contributed by atoms with Crippen LogP contribution in [-0.4, -0.2) is 19.5 Å². The van der Waals surface area contributed by atoms with Crippen LogP contribution in [0.5, 0.6) is 0 Å². The molecule has 2 aromatic carbocycles. The molecule has 0 aliphatic heterocycles. The summed E-state index contributed by atoms with van der Waals surface area (Å²) in [4.78, 5) is 11.4. The lowest BCUT2D eigenvalue weighted by Crippen LogP contribution is -2.23. The molecule has 2 rings (SSSR count). The maximum absolute atomic E-state index is 12.1. The van der Waals surface area contributed by atoms with Gasteiger partial charge < -0.3 is 0 Å². The van der Waals surface area contributed by atoms with Crippen molar-refractivity contribution < 1.29 is 18.4 Å². The first-order valence-electron chi connectivity index (χ1n) is 6.52. The second-order valence-corrected chi connectivity index (χ2v) is 6.54.